The third-order valence-electron chi connectivity index (χ3n) is 7.58. The Morgan fingerprint density at radius 2 is 1.90 bits per heavy atom. The van der Waals surface area contributed by atoms with Crippen LogP contribution >= 0.6 is 23.2 Å². The van der Waals surface area contributed by atoms with E-state index in [1.165, 1.54) is 12.1 Å². The normalized spacial score (nSPS) is 19.5. The first-order chi connectivity index (χ1) is 19.0. The number of carbonyl (C=O) groups is 1. The minimum Gasteiger partial charge on any atom is -0.423 e. The Bertz CT molecular complexity index is 1700. The number of benzene rings is 2. The quantitative estimate of drug-likeness (QED) is 0.248. The van der Waals surface area contributed by atoms with Gasteiger partial charge in [-0.2, -0.15) is 0 Å². The van der Waals surface area contributed by atoms with Crippen LogP contribution in [0.1, 0.15) is 59.9 Å². The summed E-state index contributed by atoms with van der Waals surface area (Å²) in [6, 6.07) is 16.0. The highest BCUT2D eigenvalue weighted by Crippen LogP contribution is 2.40. The molecule has 1 amide bonds. The smallest absolute Gasteiger partial charge is 0.423 e. The lowest BCUT2D eigenvalue weighted by Gasteiger charge is -2.22. The summed E-state index contributed by atoms with van der Waals surface area (Å²) in [7, 11) is -0.992. The molecule has 0 bridgehead atoms. The van der Waals surface area contributed by atoms with Crippen LogP contribution in [0.25, 0.3) is 5.52 Å². The molecule has 0 unspecified atom stereocenters. The van der Waals surface area contributed by atoms with E-state index in [4.69, 9.17) is 32.7 Å². The fraction of sp³-hybridized carbons (Fsp3) is 0.241. The molecule has 0 spiro atoms. The van der Waals surface area contributed by atoms with Crippen molar-refractivity contribution in [2.75, 3.05) is 0 Å². The van der Waals surface area contributed by atoms with Crippen LogP contribution < -0.4 is 10.8 Å². The summed E-state index contributed by atoms with van der Waals surface area (Å²) in [6.07, 6.45) is 2.20. The summed E-state index contributed by atoms with van der Waals surface area (Å²) in [5.41, 5.74) is 4.37. The molecule has 2 aromatic carbocycles. The van der Waals surface area contributed by atoms with Gasteiger partial charge in [-0.05, 0) is 73.8 Å². The van der Waals surface area contributed by atoms with Gasteiger partial charge in [0.1, 0.15) is 5.69 Å². The highest BCUT2D eigenvalue weighted by atomic mass is 35.5. The van der Waals surface area contributed by atoms with Crippen LogP contribution in [0.3, 0.4) is 0 Å². The maximum absolute atomic E-state index is 14.0. The number of aromatic nitrogens is 1. The van der Waals surface area contributed by atoms with Crippen LogP contribution in [0.2, 0.25) is 10.0 Å². The molecule has 0 saturated carbocycles. The summed E-state index contributed by atoms with van der Waals surface area (Å²) >= 11 is 12.0. The van der Waals surface area contributed by atoms with Gasteiger partial charge >= 0.3 is 7.12 Å². The average molecular weight is 580 g/mol. The molecule has 2 N–H and O–H groups in total. The van der Waals surface area contributed by atoms with E-state index < -0.39 is 24.1 Å². The molecule has 2 aliphatic heterocycles. The molecule has 0 fully saturated rings. The standard InChI is InChI=1S/C29H25BCl2FN3O4/c1-28(2)19-8-6-16(11-20(19)30(38)39-28)15-34-27(37)25-9-7-18(24-5-4-10-36(24)25)23-14-29(3,40-35-23)17-12-21(31)26(33)22(32)13-17/h4-13,38H,14-15H2,1-3H3,(H,34,37)/t29-/m0/s1. The molecule has 11 heteroatoms. The van der Waals surface area contributed by atoms with E-state index in [9.17, 15) is 14.2 Å². The number of hydrogen-bond acceptors (Lipinski definition) is 5. The van der Waals surface area contributed by atoms with E-state index in [1.807, 2.05) is 63.4 Å². The molecule has 4 heterocycles. The second-order valence-electron chi connectivity index (χ2n) is 10.8. The van der Waals surface area contributed by atoms with Gasteiger partial charge in [0.25, 0.3) is 5.91 Å². The van der Waals surface area contributed by atoms with Crippen LogP contribution in [0, 0.1) is 5.82 Å². The average Bonchev–Trinajstić information content (AvgIpc) is 3.62. The van der Waals surface area contributed by atoms with Crippen molar-refractivity contribution >= 4 is 52.9 Å². The number of fused-ring (bicyclic) bond motifs is 2. The molecular formula is C29H25BCl2FN3O4. The van der Waals surface area contributed by atoms with E-state index in [2.05, 4.69) is 10.5 Å². The van der Waals surface area contributed by atoms with Crippen molar-refractivity contribution in [3.8, 4) is 0 Å². The number of amides is 1. The Hall–Kier alpha value is -3.37. The number of pyridine rings is 1. The Balaban J connectivity index is 1.21. The van der Waals surface area contributed by atoms with Gasteiger partial charge in [-0.3, -0.25) is 4.79 Å². The number of oxime groups is 1. The Morgan fingerprint density at radius 1 is 1.15 bits per heavy atom. The maximum Gasteiger partial charge on any atom is 0.492 e. The number of hydrogen-bond donors (Lipinski definition) is 2. The highest BCUT2D eigenvalue weighted by molar-refractivity contribution is 6.62. The third-order valence-corrected chi connectivity index (χ3v) is 8.13. The fourth-order valence-corrected chi connectivity index (χ4v) is 5.91. The third kappa shape index (κ3) is 4.47. The lowest BCUT2D eigenvalue weighted by molar-refractivity contribution is -0.00742. The van der Waals surface area contributed by atoms with Crippen LogP contribution in [0.15, 0.2) is 65.9 Å². The van der Waals surface area contributed by atoms with E-state index in [0.29, 0.717) is 28.9 Å². The van der Waals surface area contributed by atoms with Gasteiger partial charge in [0.05, 0.1) is 26.9 Å². The zero-order valence-electron chi connectivity index (χ0n) is 22.0. The molecule has 6 rings (SSSR count). The fourth-order valence-electron chi connectivity index (χ4n) is 5.42. The van der Waals surface area contributed by atoms with Crippen molar-refractivity contribution in [3.63, 3.8) is 0 Å². The first-order valence-corrected chi connectivity index (χ1v) is 13.5. The van der Waals surface area contributed by atoms with Crippen molar-refractivity contribution in [1.29, 1.82) is 0 Å². The van der Waals surface area contributed by atoms with Crippen molar-refractivity contribution in [2.45, 2.75) is 44.9 Å². The predicted molar refractivity (Wildman–Crippen MR) is 153 cm³/mol. The van der Waals surface area contributed by atoms with E-state index in [0.717, 1.165) is 22.2 Å². The lowest BCUT2D eigenvalue weighted by atomic mass is 9.77. The van der Waals surface area contributed by atoms with Crippen LogP contribution in [-0.4, -0.2) is 28.2 Å². The van der Waals surface area contributed by atoms with Gasteiger partial charge in [-0.1, -0.05) is 46.6 Å². The van der Waals surface area contributed by atoms with Crippen molar-refractivity contribution in [3.05, 3.63) is 105 Å². The molecule has 1 atom stereocenters. The minimum atomic E-state index is -0.992. The van der Waals surface area contributed by atoms with E-state index in [-0.39, 0.29) is 22.5 Å². The summed E-state index contributed by atoms with van der Waals surface area (Å²) < 4.78 is 21.4. The van der Waals surface area contributed by atoms with E-state index >= 15 is 0 Å². The Labute approximate surface area is 240 Å². The number of carbonyl (C=O) groups excluding carboxylic acids is 1. The second kappa shape index (κ2) is 9.63. The maximum atomic E-state index is 14.0. The SMILES string of the molecule is CC1(C)OB(O)c2cc(CNC(=O)c3ccc(C4=NO[C@](C)(c5cc(Cl)c(F)c(Cl)c5)C4)c4cccn34)ccc21. The van der Waals surface area contributed by atoms with Crippen molar-refractivity contribution < 1.29 is 23.7 Å². The van der Waals surface area contributed by atoms with Gasteiger partial charge in [0.15, 0.2) is 11.4 Å². The summed E-state index contributed by atoms with van der Waals surface area (Å²) in [5, 5.41) is 17.4. The molecule has 0 saturated heterocycles. The summed E-state index contributed by atoms with van der Waals surface area (Å²) in [4.78, 5) is 19.0. The van der Waals surface area contributed by atoms with Gasteiger partial charge in [-0.15, -0.1) is 0 Å². The van der Waals surface area contributed by atoms with Crippen LogP contribution in [0.5, 0.6) is 0 Å². The van der Waals surface area contributed by atoms with Crippen molar-refractivity contribution in [2.24, 2.45) is 5.16 Å². The molecule has 0 aliphatic carbocycles. The molecular weight excluding hydrogens is 555 g/mol. The Kier molecular flexibility index (Phi) is 6.46. The first kappa shape index (κ1) is 26.8. The topological polar surface area (TPSA) is 84.6 Å². The molecule has 204 valence electrons. The first-order valence-electron chi connectivity index (χ1n) is 12.7. The van der Waals surface area contributed by atoms with Gasteiger partial charge < -0.3 is 24.2 Å². The predicted octanol–water partition coefficient (Wildman–Crippen LogP) is 5.31. The molecule has 2 aliphatic rings. The zero-order valence-corrected chi connectivity index (χ0v) is 23.5. The minimum absolute atomic E-state index is 0.0849. The van der Waals surface area contributed by atoms with Crippen LogP contribution in [-0.2, 0) is 27.2 Å². The van der Waals surface area contributed by atoms with E-state index in [1.54, 1.807) is 10.5 Å². The van der Waals surface area contributed by atoms with Gasteiger partial charge in [-0.25, -0.2) is 4.39 Å². The van der Waals surface area contributed by atoms with Crippen LogP contribution in [0.4, 0.5) is 4.39 Å². The lowest BCUT2D eigenvalue weighted by Crippen LogP contribution is -2.30. The molecule has 7 nitrogen and oxygen atoms in total. The van der Waals surface area contributed by atoms with Gasteiger partial charge in [0, 0.05) is 30.3 Å². The monoisotopic (exact) mass is 579 g/mol. The molecule has 2 aromatic heterocycles. The molecule has 40 heavy (non-hydrogen) atoms. The largest absolute Gasteiger partial charge is 0.492 e. The molecule has 4 aromatic rings. The van der Waals surface area contributed by atoms with Gasteiger partial charge in [0.2, 0.25) is 0 Å². The number of nitrogens with one attached hydrogen (secondary N) is 1. The summed E-state index contributed by atoms with van der Waals surface area (Å²) in [6.45, 7) is 5.94. The van der Waals surface area contributed by atoms with Crippen molar-refractivity contribution in [1.82, 2.24) is 9.72 Å². The number of rotatable bonds is 5. The number of halogens is 3. The Morgan fingerprint density at radius 3 is 2.65 bits per heavy atom. The highest BCUT2D eigenvalue weighted by Gasteiger charge is 2.41. The zero-order chi connectivity index (χ0) is 28.4. The molecule has 0 radical (unpaired) electrons. The summed E-state index contributed by atoms with van der Waals surface area (Å²) in [5.74, 6) is -0.930. The second-order valence-corrected chi connectivity index (χ2v) is 11.6. The number of nitrogens with zero attached hydrogens (tertiary/aromatic N) is 2.